The molecular weight excluding hydrogens is 282 g/mol. The fourth-order valence-electron chi connectivity index (χ4n) is 1.62. The molecule has 0 aliphatic rings. The molecule has 0 fully saturated rings. The third kappa shape index (κ3) is 4.40. The van der Waals surface area contributed by atoms with Crippen molar-refractivity contribution in [3.63, 3.8) is 0 Å². The van der Waals surface area contributed by atoms with Gasteiger partial charge in [-0.1, -0.05) is 11.6 Å². The lowest BCUT2D eigenvalue weighted by Gasteiger charge is -2.18. The molecule has 0 aromatic heterocycles. The molecule has 1 aromatic carbocycles. The van der Waals surface area contributed by atoms with Crippen LogP contribution in [0.2, 0.25) is 5.02 Å². The van der Waals surface area contributed by atoms with E-state index in [4.69, 9.17) is 22.1 Å². The molecule has 0 saturated carbocycles. The lowest BCUT2D eigenvalue weighted by atomic mass is 10.2. The van der Waals surface area contributed by atoms with E-state index in [0.717, 1.165) is 0 Å². The highest BCUT2D eigenvalue weighted by molar-refractivity contribution is 6.31. The van der Waals surface area contributed by atoms with Gasteiger partial charge in [-0.05, 0) is 25.1 Å². The van der Waals surface area contributed by atoms with Gasteiger partial charge in [-0.15, -0.1) is 0 Å². The van der Waals surface area contributed by atoms with Crippen molar-refractivity contribution in [2.75, 3.05) is 26.0 Å². The van der Waals surface area contributed by atoms with Crippen LogP contribution in [0, 0.1) is 0 Å². The average Bonchev–Trinajstić information content (AvgIpc) is 2.37. The summed E-state index contributed by atoms with van der Waals surface area (Å²) in [6, 6.07) is 4.50. The topological polar surface area (TPSA) is 85.9 Å². The molecule has 2 atom stereocenters. The van der Waals surface area contributed by atoms with Gasteiger partial charge in [-0.2, -0.15) is 0 Å². The maximum Gasteiger partial charge on any atom is 0.279 e. The predicted octanol–water partition coefficient (Wildman–Crippen LogP) is -0.324. The summed E-state index contributed by atoms with van der Waals surface area (Å²) in [6.07, 6.45) is 0. The number of hydrogen-bond donors (Lipinski definition) is 3. The van der Waals surface area contributed by atoms with Crippen molar-refractivity contribution in [2.45, 2.75) is 13.0 Å². The quantitative estimate of drug-likeness (QED) is 0.673. The molecule has 7 heteroatoms. The van der Waals surface area contributed by atoms with Gasteiger partial charge in [-0.25, -0.2) is 0 Å². The van der Waals surface area contributed by atoms with Gasteiger partial charge in [0.05, 0.1) is 19.8 Å². The van der Waals surface area contributed by atoms with Crippen LogP contribution in [0.5, 0.6) is 5.75 Å². The van der Waals surface area contributed by atoms with Gasteiger partial charge in [0.15, 0.2) is 12.6 Å². The Morgan fingerprint density at radius 3 is 2.70 bits per heavy atom. The van der Waals surface area contributed by atoms with Crippen LogP contribution in [-0.2, 0) is 9.59 Å². The highest BCUT2D eigenvalue weighted by Gasteiger charge is 2.21. The second-order valence-electron chi connectivity index (χ2n) is 4.54. The number of anilines is 1. The Labute approximate surface area is 122 Å². The minimum atomic E-state index is -0.448. The number of nitrogens with one attached hydrogen (secondary N) is 2. The Bertz CT molecular complexity index is 508. The van der Waals surface area contributed by atoms with Crippen molar-refractivity contribution in [3.05, 3.63) is 23.2 Å². The number of halogens is 1. The molecule has 0 aliphatic carbocycles. The molecule has 0 saturated heterocycles. The minimum absolute atomic E-state index is 0.111. The van der Waals surface area contributed by atoms with E-state index < -0.39 is 11.9 Å². The third-order valence-corrected chi connectivity index (χ3v) is 3.28. The summed E-state index contributed by atoms with van der Waals surface area (Å²) in [5, 5.41) is 3.20. The molecule has 110 valence electrons. The number of methoxy groups -OCH3 is 1. The van der Waals surface area contributed by atoms with E-state index in [2.05, 4.69) is 5.32 Å². The maximum absolute atomic E-state index is 11.9. The van der Waals surface area contributed by atoms with Crippen LogP contribution < -0.4 is 20.7 Å². The number of hydrogen-bond acceptors (Lipinski definition) is 3. The third-order valence-electron chi connectivity index (χ3n) is 3.04. The van der Waals surface area contributed by atoms with Crippen LogP contribution in [0.3, 0.4) is 0 Å². The van der Waals surface area contributed by atoms with E-state index >= 15 is 0 Å². The lowest BCUT2D eigenvalue weighted by molar-refractivity contribution is -0.885. The fraction of sp³-hybridized carbons (Fsp3) is 0.385. The SMILES string of the molecule is COc1ccc(Cl)cc1NC(=O)C[NH+](C)[C@@H](C)C(N)=O. The fourth-order valence-corrected chi connectivity index (χ4v) is 1.79. The Morgan fingerprint density at radius 1 is 1.50 bits per heavy atom. The summed E-state index contributed by atoms with van der Waals surface area (Å²) in [7, 11) is 3.23. The lowest BCUT2D eigenvalue weighted by Crippen LogP contribution is -3.15. The van der Waals surface area contributed by atoms with E-state index in [-0.39, 0.29) is 12.5 Å². The highest BCUT2D eigenvalue weighted by atomic mass is 35.5. The first-order valence-corrected chi connectivity index (χ1v) is 6.48. The van der Waals surface area contributed by atoms with E-state index in [1.807, 2.05) is 0 Å². The van der Waals surface area contributed by atoms with E-state index in [1.54, 1.807) is 32.2 Å². The van der Waals surface area contributed by atoms with Crippen molar-refractivity contribution in [2.24, 2.45) is 5.73 Å². The number of primary amides is 1. The number of carbonyl (C=O) groups is 2. The minimum Gasteiger partial charge on any atom is -0.495 e. The molecule has 0 bridgehead atoms. The van der Waals surface area contributed by atoms with Gasteiger partial charge in [0.25, 0.3) is 11.8 Å². The van der Waals surface area contributed by atoms with Crippen LogP contribution in [0.4, 0.5) is 5.69 Å². The van der Waals surface area contributed by atoms with Gasteiger partial charge in [-0.3, -0.25) is 9.59 Å². The van der Waals surface area contributed by atoms with Gasteiger partial charge in [0.1, 0.15) is 5.75 Å². The standard InChI is InChI=1S/C13H18ClN3O3/c1-8(13(15)19)17(2)7-12(18)16-10-6-9(14)4-5-11(10)20-3/h4-6,8H,7H2,1-3H3,(H2,15,19)(H,16,18)/p+1/t8-/m0/s1. The first-order chi connectivity index (χ1) is 9.35. The summed E-state index contributed by atoms with van der Waals surface area (Å²) < 4.78 is 5.14. The van der Waals surface area contributed by atoms with E-state index in [0.29, 0.717) is 21.4 Å². The summed E-state index contributed by atoms with van der Waals surface area (Å²) in [5.74, 6) is -0.185. The second-order valence-corrected chi connectivity index (χ2v) is 4.98. The zero-order chi connectivity index (χ0) is 15.3. The van der Waals surface area contributed by atoms with Crippen molar-refractivity contribution >= 4 is 29.1 Å². The largest absolute Gasteiger partial charge is 0.495 e. The zero-order valence-electron chi connectivity index (χ0n) is 11.7. The van der Waals surface area contributed by atoms with Crippen molar-refractivity contribution in [1.82, 2.24) is 0 Å². The summed E-state index contributed by atoms with van der Waals surface area (Å²) in [4.78, 5) is 23.7. The van der Waals surface area contributed by atoms with Gasteiger partial charge < -0.3 is 20.7 Å². The van der Waals surface area contributed by atoms with Gasteiger partial charge in [0.2, 0.25) is 0 Å². The molecule has 2 amide bonds. The van der Waals surface area contributed by atoms with Crippen LogP contribution in [-0.4, -0.2) is 38.6 Å². The molecule has 20 heavy (non-hydrogen) atoms. The smallest absolute Gasteiger partial charge is 0.279 e. The number of carbonyl (C=O) groups excluding carboxylic acids is 2. The zero-order valence-corrected chi connectivity index (χ0v) is 12.5. The summed E-state index contributed by atoms with van der Waals surface area (Å²) in [6.45, 7) is 1.78. The molecule has 1 unspecified atom stereocenters. The molecule has 6 nitrogen and oxygen atoms in total. The molecule has 4 N–H and O–H groups in total. The Morgan fingerprint density at radius 2 is 2.15 bits per heavy atom. The second kappa shape index (κ2) is 7.12. The predicted molar refractivity (Wildman–Crippen MR) is 77.0 cm³/mol. The monoisotopic (exact) mass is 300 g/mol. The molecule has 0 heterocycles. The molecule has 0 aliphatic heterocycles. The van der Waals surface area contributed by atoms with Gasteiger partial charge in [0, 0.05) is 5.02 Å². The number of quaternary nitrogens is 1. The van der Waals surface area contributed by atoms with Crippen LogP contribution in [0.1, 0.15) is 6.92 Å². The summed E-state index contributed by atoms with van der Waals surface area (Å²) >= 11 is 5.88. The van der Waals surface area contributed by atoms with Crippen LogP contribution in [0.25, 0.3) is 0 Å². The van der Waals surface area contributed by atoms with Crippen LogP contribution >= 0.6 is 11.6 Å². The van der Waals surface area contributed by atoms with Crippen molar-refractivity contribution in [1.29, 1.82) is 0 Å². The first kappa shape index (κ1) is 16.3. The van der Waals surface area contributed by atoms with Crippen molar-refractivity contribution < 1.29 is 19.2 Å². The van der Waals surface area contributed by atoms with E-state index in [9.17, 15) is 9.59 Å². The Balaban J connectivity index is 2.71. The summed E-state index contributed by atoms with van der Waals surface area (Å²) in [5.41, 5.74) is 5.69. The molecule has 0 radical (unpaired) electrons. The normalized spacial score (nSPS) is 13.4. The number of rotatable bonds is 6. The number of amides is 2. The average molecular weight is 301 g/mol. The van der Waals surface area contributed by atoms with Gasteiger partial charge >= 0.3 is 0 Å². The van der Waals surface area contributed by atoms with Crippen LogP contribution in [0.15, 0.2) is 18.2 Å². The number of nitrogens with two attached hydrogens (primary N) is 1. The molecule has 1 rings (SSSR count). The maximum atomic E-state index is 11.9. The Hall–Kier alpha value is -1.79. The molecular formula is C13H19ClN3O3+. The number of ether oxygens (including phenoxy) is 1. The number of likely N-dealkylation sites (N-methyl/N-ethyl adjacent to an activating group) is 1. The molecule has 0 spiro atoms. The molecule has 1 aromatic rings. The Kier molecular flexibility index (Phi) is 5.79. The van der Waals surface area contributed by atoms with Crippen molar-refractivity contribution in [3.8, 4) is 5.75 Å². The number of benzene rings is 1. The van der Waals surface area contributed by atoms with E-state index in [1.165, 1.54) is 7.11 Å². The first-order valence-electron chi connectivity index (χ1n) is 6.10. The highest BCUT2D eigenvalue weighted by Crippen LogP contribution is 2.27.